The first kappa shape index (κ1) is 12.0. The second-order valence-electron chi connectivity index (χ2n) is 4.31. The van der Waals surface area contributed by atoms with Crippen molar-refractivity contribution in [3.8, 4) is 0 Å². The summed E-state index contributed by atoms with van der Waals surface area (Å²) in [6.45, 7) is 3.46. The first-order valence-electron chi connectivity index (χ1n) is 5.84. The number of carbonyl (C=O) groups is 1. The molecule has 0 N–H and O–H groups in total. The number of alkyl halides is 1. The normalized spacial score (nSPS) is 25.9. The molecule has 5 heteroatoms. The summed E-state index contributed by atoms with van der Waals surface area (Å²) in [6.07, 6.45) is 4.03. The van der Waals surface area contributed by atoms with Gasteiger partial charge in [0, 0.05) is 5.92 Å². The van der Waals surface area contributed by atoms with Crippen LogP contribution in [-0.2, 0) is 4.79 Å². The maximum Gasteiger partial charge on any atom is 0.187 e. The molecule has 1 heterocycles. The molecule has 0 amide bonds. The molecule has 0 aromatic carbocycles. The van der Waals surface area contributed by atoms with Crippen LogP contribution in [0.4, 0.5) is 4.39 Å². The molecule has 2 rings (SSSR count). The van der Waals surface area contributed by atoms with Crippen molar-refractivity contribution in [2.75, 3.05) is 6.54 Å². The van der Waals surface area contributed by atoms with Gasteiger partial charge in [0.05, 0.1) is 11.9 Å². The molecule has 0 aromatic heterocycles. The minimum absolute atomic E-state index is 0.205. The Hall–Kier alpha value is -1.52. The molecule has 0 aromatic rings. The number of hydrogen-bond acceptors (Lipinski definition) is 4. The van der Waals surface area contributed by atoms with Crippen molar-refractivity contribution in [1.29, 1.82) is 0 Å². The van der Waals surface area contributed by atoms with Crippen molar-refractivity contribution in [2.24, 2.45) is 16.0 Å². The number of Topliss-reactive ketones (excluding diaryl/α,β-unsaturated/α-hetero) is 1. The molecule has 0 radical (unpaired) electrons. The highest BCUT2D eigenvalue weighted by atomic mass is 19.1. The van der Waals surface area contributed by atoms with E-state index in [9.17, 15) is 9.18 Å². The molecule has 1 aliphatic carbocycles. The number of aliphatic imine (C=N–C) groups is 1. The zero-order valence-electron chi connectivity index (χ0n) is 10.1. The Morgan fingerprint density at radius 2 is 2.47 bits per heavy atom. The van der Waals surface area contributed by atoms with Gasteiger partial charge in [0.15, 0.2) is 12.1 Å². The summed E-state index contributed by atoms with van der Waals surface area (Å²) in [6, 6.07) is 0. The molecule has 1 atom stereocenters. The highest BCUT2D eigenvalue weighted by Crippen LogP contribution is 2.30. The maximum absolute atomic E-state index is 12.8. The summed E-state index contributed by atoms with van der Waals surface area (Å²) in [5.41, 5.74) is 1.22. The van der Waals surface area contributed by atoms with E-state index in [1.54, 1.807) is 11.1 Å². The number of allylic oxidation sites excluding steroid dienone is 2. The molecule has 1 fully saturated rings. The lowest BCUT2D eigenvalue weighted by atomic mass is 10.2. The number of halogens is 1. The van der Waals surface area contributed by atoms with Crippen LogP contribution in [-0.4, -0.2) is 35.6 Å². The second kappa shape index (κ2) is 4.77. The third kappa shape index (κ3) is 2.78. The van der Waals surface area contributed by atoms with E-state index < -0.39 is 6.30 Å². The van der Waals surface area contributed by atoms with Gasteiger partial charge in [0.25, 0.3) is 0 Å². The molecule has 1 aliphatic heterocycles. The largest absolute Gasteiger partial charge is 0.297 e. The van der Waals surface area contributed by atoms with E-state index in [0.29, 0.717) is 11.4 Å². The Kier molecular flexibility index (Phi) is 3.36. The summed E-state index contributed by atoms with van der Waals surface area (Å²) in [5, 5.41) is 5.69. The Morgan fingerprint density at radius 1 is 1.76 bits per heavy atom. The van der Waals surface area contributed by atoms with Crippen LogP contribution in [0.3, 0.4) is 0 Å². The third-order valence-electron chi connectivity index (χ3n) is 2.79. The van der Waals surface area contributed by atoms with Crippen LogP contribution in [0.2, 0.25) is 0 Å². The quantitative estimate of drug-likeness (QED) is 0.701. The summed E-state index contributed by atoms with van der Waals surface area (Å²) in [7, 11) is 0. The third-order valence-corrected chi connectivity index (χ3v) is 2.79. The molecule has 92 valence electrons. The smallest absolute Gasteiger partial charge is 0.187 e. The van der Waals surface area contributed by atoms with Gasteiger partial charge in [-0.25, -0.2) is 9.38 Å². The van der Waals surface area contributed by atoms with Gasteiger partial charge >= 0.3 is 0 Å². The monoisotopic (exact) mass is 237 g/mol. The van der Waals surface area contributed by atoms with E-state index in [2.05, 4.69) is 10.1 Å². The van der Waals surface area contributed by atoms with Crippen molar-refractivity contribution >= 4 is 17.7 Å². The van der Waals surface area contributed by atoms with Crippen molar-refractivity contribution in [3.05, 3.63) is 11.8 Å². The molecule has 0 bridgehead atoms. The van der Waals surface area contributed by atoms with Crippen LogP contribution in [0.5, 0.6) is 0 Å². The Balaban J connectivity index is 2.05. The predicted molar refractivity (Wildman–Crippen MR) is 64.7 cm³/mol. The number of hydrazone groups is 1. The molecule has 4 nitrogen and oxygen atoms in total. The van der Waals surface area contributed by atoms with Crippen molar-refractivity contribution in [3.63, 3.8) is 0 Å². The maximum atomic E-state index is 12.8. The van der Waals surface area contributed by atoms with Crippen LogP contribution >= 0.6 is 0 Å². The topological polar surface area (TPSA) is 45.0 Å². The number of nitrogens with zero attached hydrogens (tertiary/aromatic N) is 3. The second-order valence-corrected chi connectivity index (χ2v) is 4.31. The lowest BCUT2D eigenvalue weighted by Crippen LogP contribution is -2.25. The van der Waals surface area contributed by atoms with Crippen molar-refractivity contribution in [1.82, 2.24) is 5.01 Å². The molecule has 1 unspecified atom stereocenters. The Bertz CT molecular complexity index is 408. The Labute approximate surface area is 99.9 Å². The number of hydrogen-bond donors (Lipinski definition) is 0. The summed E-state index contributed by atoms with van der Waals surface area (Å²) in [4.78, 5) is 15.5. The summed E-state index contributed by atoms with van der Waals surface area (Å²) < 4.78 is 12.8. The zero-order chi connectivity index (χ0) is 12.4. The van der Waals surface area contributed by atoms with E-state index >= 15 is 0 Å². The molecule has 0 spiro atoms. The Morgan fingerprint density at radius 3 is 3.00 bits per heavy atom. The van der Waals surface area contributed by atoms with Crippen LogP contribution in [0.15, 0.2) is 21.9 Å². The van der Waals surface area contributed by atoms with Crippen LogP contribution in [0.1, 0.15) is 26.7 Å². The van der Waals surface area contributed by atoms with Gasteiger partial charge in [0.1, 0.15) is 12.3 Å². The van der Waals surface area contributed by atoms with Crippen LogP contribution in [0.25, 0.3) is 0 Å². The average molecular weight is 237 g/mol. The minimum Gasteiger partial charge on any atom is -0.297 e. The van der Waals surface area contributed by atoms with E-state index in [4.69, 9.17) is 0 Å². The lowest BCUT2D eigenvalue weighted by Gasteiger charge is -2.15. The zero-order valence-corrected chi connectivity index (χ0v) is 10.1. The minimum atomic E-state index is -1.26. The first-order valence-corrected chi connectivity index (χ1v) is 5.84. The molecular formula is C12H16FN3O. The molecule has 17 heavy (non-hydrogen) atoms. The van der Waals surface area contributed by atoms with Crippen molar-refractivity contribution in [2.45, 2.75) is 33.0 Å². The number of ketones is 1. The molecule has 1 saturated carbocycles. The highest BCUT2D eigenvalue weighted by Gasteiger charge is 2.32. The highest BCUT2D eigenvalue weighted by molar-refractivity contribution is 6.39. The molecule has 0 saturated heterocycles. The van der Waals surface area contributed by atoms with E-state index in [1.165, 1.54) is 13.1 Å². The first-order chi connectivity index (χ1) is 8.11. The standard InChI is InChI=1S/C12H16FN3O/c1-3-11-10(15-8(2)13)6-14-16(11)7-12(17)9-4-5-9/h3,6,8-9H,4-5,7H2,1-2H3/b11-3+,15-10-. The predicted octanol–water partition coefficient (Wildman–Crippen LogP) is 1.93. The van der Waals surface area contributed by atoms with Gasteiger partial charge in [-0.15, -0.1) is 0 Å². The SMILES string of the molecule is C/C=C1\C(=N/C(C)F)C=NN1CC(=O)C1CC1. The van der Waals surface area contributed by atoms with Gasteiger partial charge in [-0.2, -0.15) is 5.10 Å². The van der Waals surface area contributed by atoms with Gasteiger partial charge < -0.3 is 0 Å². The lowest BCUT2D eigenvalue weighted by molar-refractivity contribution is -0.120. The number of rotatable bonds is 4. The van der Waals surface area contributed by atoms with Gasteiger partial charge in [0.2, 0.25) is 0 Å². The fourth-order valence-electron chi connectivity index (χ4n) is 1.78. The molecular weight excluding hydrogens is 221 g/mol. The van der Waals surface area contributed by atoms with E-state index in [1.807, 2.05) is 6.92 Å². The molecule has 2 aliphatic rings. The van der Waals surface area contributed by atoms with Gasteiger partial charge in [-0.1, -0.05) is 6.08 Å². The fourth-order valence-corrected chi connectivity index (χ4v) is 1.78. The van der Waals surface area contributed by atoms with Crippen LogP contribution < -0.4 is 0 Å². The van der Waals surface area contributed by atoms with Gasteiger partial charge in [-0.05, 0) is 26.7 Å². The van der Waals surface area contributed by atoms with Crippen molar-refractivity contribution < 1.29 is 9.18 Å². The van der Waals surface area contributed by atoms with Gasteiger partial charge in [-0.3, -0.25) is 9.80 Å². The van der Waals surface area contributed by atoms with Crippen LogP contribution in [0, 0.1) is 5.92 Å². The number of carbonyl (C=O) groups excluding carboxylic acids is 1. The average Bonchev–Trinajstić information content (AvgIpc) is 3.04. The summed E-state index contributed by atoms with van der Waals surface area (Å²) in [5.74, 6) is 0.417. The van der Waals surface area contributed by atoms with E-state index in [-0.39, 0.29) is 18.2 Å². The fraction of sp³-hybridized carbons (Fsp3) is 0.583. The van der Waals surface area contributed by atoms with E-state index in [0.717, 1.165) is 12.8 Å². The summed E-state index contributed by atoms with van der Waals surface area (Å²) >= 11 is 0.